The van der Waals surface area contributed by atoms with Gasteiger partial charge in [0.25, 0.3) is 5.88 Å². The number of aliphatic hydroxyl groups excluding tert-OH is 1. The first-order chi connectivity index (χ1) is 19.3. The number of aliphatic hydroxyl groups is 1. The van der Waals surface area contributed by atoms with Crippen molar-refractivity contribution in [3.05, 3.63) is 54.0 Å². The topological polar surface area (TPSA) is 154 Å². The molecule has 4 heterocycles. The molecule has 1 amide bonds. The third-order valence-corrected chi connectivity index (χ3v) is 6.45. The minimum absolute atomic E-state index is 0.174. The Morgan fingerprint density at radius 2 is 1.90 bits per heavy atom. The number of anilines is 1. The van der Waals surface area contributed by atoms with Crippen LogP contribution in [0.5, 0.6) is 11.8 Å². The first-order valence-corrected chi connectivity index (χ1v) is 13.0. The Labute approximate surface area is 231 Å². The third-order valence-electron chi connectivity index (χ3n) is 5.45. The summed E-state index contributed by atoms with van der Waals surface area (Å²) in [6, 6.07) is 5.11. The van der Waals surface area contributed by atoms with Crippen LogP contribution in [0.25, 0.3) is 32.0 Å². The van der Waals surface area contributed by atoms with Gasteiger partial charge in [0.2, 0.25) is 5.88 Å². The van der Waals surface area contributed by atoms with Gasteiger partial charge in [-0.25, -0.2) is 34.1 Å². The van der Waals surface area contributed by atoms with Crippen LogP contribution in [0.2, 0.25) is 0 Å². The van der Waals surface area contributed by atoms with Crippen LogP contribution in [-0.4, -0.2) is 60.4 Å². The molecule has 0 bridgehead atoms. The lowest BCUT2D eigenvalue weighted by Crippen LogP contribution is -2.25. The van der Waals surface area contributed by atoms with Crippen LogP contribution < -0.4 is 14.8 Å². The van der Waals surface area contributed by atoms with Gasteiger partial charge in [-0.3, -0.25) is 5.32 Å². The van der Waals surface area contributed by atoms with Crippen LogP contribution in [0.15, 0.2) is 36.8 Å². The monoisotopic (exact) mass is 565 g/mol. The molecular weight excluding hydrogens is 541 g/mol. The van der Waals surface area contributed by atoms with Crippen molar-refractivity contribution in [3.63, 3.8) is 0 Å². The second kappa shape index (κ2) is 11.7. The fourth-order valence-electron chi connectivity index (χ4n) is 3.72. The molecule has 0 fully saturated rings. The molecule has 4 aromatic heterocycles. The molecule has 5 rings (SSSR count). The summed E-state index contributed by atoms with van der Waals surface area (Å²) < 4.78 is 31.1. The molecule has 0 aliphatic carbocycles. The van der Waals surface area contributed by atoms with E-state index in [1.54, 1.807) is 13.1 Å². The van der Waals surface area contributed by atoms with Crippen LogP contribution >= 0.6 is 11.3 Å². The normalized spacial score (nSPS) is 11.9. The molecule has 0 spiro atoms. The van der Waals surface area contributed by atoms with Gasteiger partial charge in [-0.05, 0) is 38.5 Å². The average Bonchev–Trinajstić information content (AvgIpc) is 3.34. The standard InChI is InChI=1S/C26H24FN7O5S/c1-4-37-21-10-30-22-16(5-13(2)6-18(22)32-21)24-33-19-7-17(27)23(34-25(19)40-24)39-14(3)12-38-26(36)31-15-8-28-20(11-35)29-9-15/h5-10,14,35H,4,11-12H2,1-3H3,(H,31,36). The highest BCUT2D eigenvalue weighted by molar-refractivity contribution is 7.21. The van der Waals surface area contributed by atoms with Gasteiger partial charge >= 0.3 is 6.09 Å². The molecule has 1 unspecified atom stereocenters. The van der Waals surface area contributed by atoms with Crippen LogP contribution in [-0.2, 0) is 11.3 Å². The summed E-state index contributed by atoms with van der Waals surface area (Å²) in [5.74, 6) is -0.278. The zero-order chi connectivity index (χ0) is 28.2. The SMILES string of the molecule is CCOc1cnc2c(-c3nc4cc(F)c(OC(C)COC(=O)Nc5cnc(CO)nc5)nc4s3)cc(C)cc2n1. The zero-order valence-electron chi connectivity index (χ0n) is 21.7. The maximum absolute atomic E-state index is 14.9. The van der Waals surface area contributed by atoms with E-state index >= 15 is 0 Å². The molecule has 206 valence electrons. The number of amides is 1. The predicted molar refractivity (Wildman–Crippen MR) is 145 cm³/mol. The number of thiazole rings is 1. The molecule has 0 radical (unpaired) electrons. The summed E-state index contributed by atoms with van der Waals surface area (Å²) in [4.78, 5) is 38.2. The number of benzene rings is 1. The van der Waals surface area contributed by atoms with E-state index in [1.165, 1.54) is 29.8 Å². The molecule has 5 aromatic rings. The van der Waals surface area contributed by atoms with Crippen LogP contribution in [0, 0.1) is 12.7 Å². The second-order valence-corrected chi connectivity index (χ2v) is 9.62. The van der Waals surface area contributed by atoms with Gasteiger partial charge in [0, 0.05) is 11.6 Å². The minimum atomic E-state index is -0.770. The van der Waals surface area contributed by atoms with E-state index in [-0.39, 0.29) is 30.6 Å². The highest BCUT2D eigenvalue weighted by Gasteiger charge is 2.19. The molecule has 1 atom stereocenters. The number of carbonyl (C=O) groups excluding carboxylic acids is 1. The lowest BCUT2D eigenvalue weighted by Gasteiger charge is -2.14. The molecule has 0 aliphatic rings. The Balaban J connectivity index is 1.30. The summed E-state index contributed by atoms with van der Waals surface area (Å²) in [6.45, 7) is 5.42. The van der Waals surface area contributed by atoms with Gasteiger partial charge in [0.1, 0.15) is 34.7 Å². The fourth-order valence-corrected chi connectivity index (χ4v) is 4.65. The highest BCUT2D eigenvalue weighted by atomic mass is 32.1. The van der Waals surface area contributed by atoms with E-state index in [0.717, 1.165) is 11.1 Å². The Kier molecular flexibility index (Phi) is 7.89. The van der Waals surface area contributed by atoms with Crippen LogP contribution in [0.1, 0.15) is 25.2 Å². The predicted octanol–water partition coefficient (Wildman–Crippen LogP) is 4.45. The van der Waals surface area contributed by atoms with Crippen molar-refractivity contribution >= 4 is 44.5 Å². The van der Waals surface area contributed by atoms with Gasteiger partial charge in [-0.15, -0.1) is 0 Å². The van der Waals surface area contributed by atoms with E-state index in [1.807, 2.05) is 26.0 Å². The number of aromatic nitrogens is 6. The van der Waals surface area contributed by atoms with Crippen LogP contribution in [0.4, 0.5) is 14.9 Å². The first kappa shape index (κ1) is 27.0. The number of ether oxygens (including phenoxy) is 3. The number of hydrogen-bond acceptors (Lipinski definition) is 12. The lowest BCUT2D eigenvalue weighted by atomic mass is 10.1. The summed E-state index contributed by atoms with van der Waals surface area (Å²) in [6.07, 6.45) is 2.75. The van der Waals surface area contributed by atoms with Gasteiger partial charge in [0.05, 0.1) is 41.9 Å². The molecule has 0 saturated carbocycles. The van der Waals surface area contributed by atoms with E-state index in [0.29, 0.717) is 38.9 Å². The van der Waals surface area contributed by atoms with E-state index in [2.05, 4.69) is 35.2 Å². The Bertz CT molecular complexity index is 1680. The summed E-state index contributed by atoms with van der Waals surface area (Å²) in [5, 5.41) is 12.0. The summed E-state index contributed by atoms with van der Waals surface area (Å²) in [5.41, 5.74) is 3.68. The van der Waals surface area contributed by atoms with Crippen LogP contribution in [0.3, 0.4) is 0 Å². The Hall–Kier alpha value is -4.56. The Morgan fingerprint density at radius 3 is 2.65 bits per heavy atom. The number of halogens is 1. The number of nitrogens with one attached hydrogen (secondary N) is 1. The number of aryl methyl sites for hydroxylation is 1. The van der Waals surface area contributed by atoms with E-state index in [4.69, 9.17) is 19.3 Å². The van der Waals surface area contributed by atoms with Crippen molar-refractivity contribution in [2.24, 2.45) is 0 Å². The number of rotatable bonds is 9. The number of hydrogen-bond donors (Lipinski definition) is 2. The molecule has 12 nitrogen and oxygen atoms in total. The van der Waals surface area contributed by atoms with Crippen molar-refractivity contribution in [1.82, 2.24) is 29.9 Å². The minimum Gasteiger partial charge on any atom is -0.477 e. The van der Waals surface area contributed by atoms with E-state index < -0.39 is 18.0 Å². The van der Waals surface area contributed by atoms with Crippen molar-refractivity contribution in [3.8, 4) is 22.3 Å². The quantitative estimate of drug-likeness (QED) is 0.260. The molecule has 0 saturated heterocycles. The maximum Gasteiger partial charge on any atom is 0.411 e. The third kappa shape index (κ3) is 6.02. The van der Waals surface area contributed by atoms with Crippen molar-refractivity contribution < 1.29 is 28.5 Å². The van der Waals surface area contributed by atoms with Gasteiger partial charge in [0.15, 0.2) is 11.6 Å². The maximum atomic E-state index is 14.9. The molecule has 1 aromatic carbocycles. The number of carbonyl (C=O) groups is 1. The van der Waals surface area contributed by atoms with Gasteiger partial charge < -0.3 is 19.3 Å². The summed E-state index contributed by atoms with van der Waals surface area (Å²) in [7, 11) is 0. The van der Waals surface area contributed by atoms with E-state index in [9.17, 15) is 9.18 Å². The molecular formula is C26H24FN7O5S. The fraction of sp³-hybridized carbons (Fsp3) is 0.269. The zero-order valence-corrected chi connectivity index (χ0v) is 22.5. The van der Waals surface area contributed by atoms with Crippen molar-refractivity contribution in [1.29, 1.82) is 0 Å². The first-order valence-electron chi connectivity index (χ1n) is 12.2. The second-order valence-electron chi connectivity index (χ2n) is 8.64. The number of pyridine rings is 1. The van der Waals surface area contributed by atoms with Crippen molar-refractivity contribution in [2.45, 2.75) is 33.5 Å². The smallest absolute Gasteiger partial charge is 0.411 e. The molecule has 0 aliphatic heterocycles. The average molecular weight is 566 g/mol. The number of fused-ring (bicyclic) bond motifs is 2. The highest BCUT2D eigenvalue weighted by Crippen LogP contribution is 2.35. The molecule has 40 heavy (non-hydrogen) atoms. The lowest BCUT2D eigenvalue weighted by molar-refractivity contribution is 0.0941. The van der Waals surface area contributed by atoms with Gasteiger partial charge in [-0.1, -0.05) is 11.3 Å². The largest absolute Gasteiger partial charge is 0.477 e. The molecule has 2 N–H and O–H groups in total. The van der Waals surface area contributed by atoms with Crippen molar-refractivity contribution in [2.75, 3.05) is 18.5 Å². The van der Waals surface area contributed by atoms with Gasteiger partial charge in [-0.2, -0.15) is 4.98 Å². The molecule has 14 heteroatoms. The summed E-state index contributed by atoms with van der Waals surface area (Å²) >= 11 is 1.27. The Morgan fingerprint density at radius 1 is 1.10 bits per heavy atom. The number of nitrogens with zero attached hydrogens (tertiary/aromatic N) is 6.